The van der Waals surface area contributed by atoms with Gasteiger partial charge >= 0.3 is 6.18 Å². The second kappa shape index (κ2) is 10.9. The molecule has 1 aliphatic carbocycles. The fourth-order valence-electron chi connectivity index (χ4n) is 4.40. The minimum Gasteiger partial charge on any atom is -0.391 e. The molecular weight excluding hydrogens is 437 g/mol. The second-order valence-electron chi connectivity index (χ2n) is 8.84. The zero-order valence-corrected chi connectivity index (χ0v) is 19.1. The number of oxime groups is 1. The molecule has 0 aromatic heterocycles. The third-order valence-corrected chi connectivity index (χ3v) is 6.46. The van der Waals surface area contributed by atoms with Crippen molar-refractivity contribution in [3.05, 3.63) is 69.8 Å². The Morgan fingerprint density at radius 2 is 1.88 bits per heavy atom. The van der Waals surface area contributed by atoms with Gasteiger partial charge < -0.3 is 4.84 Å². The van der Waals surface area contributed by atoms with E-state index in [1.165, 1.54) is 36.1 Å². The molecule has 0 atom stereocenters. The van der Waals surface area contributed by atoms with Gasteiger partial charge in [0, 0.05) is 16.1 Å². The molecule has 0 radical (unpaired) electrons. The summed E-state index contributed by atoms with van der Waals surface area (Å²) in [7, 11) is 0. The number of aryl methyl sites for hydroxylation is 1. The quantitative estimate of drug-likeness (QED) is 0.289. The van der Waals surface area contributed by atoms with Gasteiger partial charge in [-0.1, -0.05) is 55.5 Å². The SMILES string of the molecule is [2H]C([2H])(O/N=C(\C)c1ccc(C([2H])([2H])N2CCC2)c(C([2H])([2H])C([2H])([2H])[2H])c1)c1ccc(C2CCCCC2)c(C(F)(F)F)c1. The van der Waals surface area contributed by atoms with Crippen molar-refractivity contribution in [1.82, 2.24) is 4.90 Å². The molecule has 34 heavy (non-hydrogen) atoms. The summed E-state index contributed by atoms with van der Waals surface area (Å²) in [4.78, 5) is 6.57. The van der Waals surface area contributed by atoms with Crippen molar-refractivity contribution < 1.29 is 30.3 Å². The predicted molar refractivity (Wildman–Crippen MR) is 130 cm³/mol. The van der Waals surface area contributed by atoms with Gasteiger partial charge in [0.1, 0.15) is 6.56 Å². The molecule has 1 aliphatic heterocycles. The number of alkyl halides is 3. The highest BCUT2D eigenvalue weighted by molar-refractivity contribution is 5.98. The van der Waals surface area contributed by atoms with Crippen molar-refractivity contribution in [2.24, 2.45) is 5.16 Å². The molecule has 2 aromatic rings. The summed E-state index contributed by atoms with van der Waals surface area (Å²) in [6.07, 6.45) is -2.98. The van der Waals surface area contributed by atoms with Crippen LogP contribution in [0.1, 0.15) is 104 Å². The topological polar surface area (TPSA) is 24.8 Å². The number of rotatable bonds is 8. The summed E-state index contributed by atoms with van der Waals surface area (Å²) < 4.78 is 116. The summed E-state index contributed by atoms with van der Waals surface area (Å²) in [6, 6.07) is 7.14. The largest absolute Gasteiger partial charge is 0.416 e. The molecule has 0 unspecified atom stereocenters. The van der Waals surface area contributed by atoms with Crippen LogP contribution in [0.2, 0.25) is 0 Å². The number of likely N-dealkylation sites (tertiary alicyclic amines) is 1. The molecule has 4 rings (SSSR count). The van der Waals surface area contributed by atoms with Gasteiger partial charge in [0.15, 0.2) is 0 Å². The lowest BCUT2D eigenvalue weighted by molar-refractivity contribution is -0.138. The standard InChI is InChI=1S/C28H35F3N2O/c1-3-22-17-24(11-12-25(22)18-33-14-7-15-33)20(2)32-34-19-21-10-13-26(23-8-5-4-6-9-23)27(16-21)28(29,30)31/h10-13,16-17,23H,3-9,14-15,18-19H2,1-2H3/b32-20+/i1D3,3D2,18D2,19D2. The molecule has 0 bridgehead atoms. The van der Waals surface area contributed by atoms with E-state index >= 15 is 0 Å². The highest BCUT2D eigenvalue weighted by Crippen LogP contribution is 2.41. The zero-order chi connectivity index (χ0) is 32.0. The van der Waals surface area contributed by atoms with Crippen LogP contribution < -0.4 is 0 Å². The summed E-state index contributed by atoms with van der Waals surface area (Å²) in [5.74, 6) is -0.257. The number of hydrogen-bond acceptors (Lipinski definition) is 3. The molecule has 2 fully saturated rings. The monoisotopic (exact) mass is 481 g/mol. The zero-order valence-electron chi connectivity index (χ0n) is 28.1. The Bertz CT molecular complexity index is 1350. The van der Waals surface area contributed by atoms with E-state index in [1.54, 1.807) is 0 Å². The normalized spacial score (nSPS) is 23.6. The van der Waals surface area contributed by atoms with E-state index in [4.69, 9.17) is 17.2 Å². The molecule has 0 N–H and O–H groups in total. The van der Waals surface area contributed by atoms with Gasteiger partial charge in [-0.2, -0.15) is 13.2 Å². The summed E-state index contributed by atoms with van der Waals surface area (Å²) in [5, 5.41) is 3.78. The Balaban J connectivity index is 1.67. The van der Waals surface area contributed by atoms with E-state index in [0.29, 0.717) is 25.9 Å². The fraction of sp³-hybridized carbons (Fsp3) is 0.536. The molecule has 184 valence electrons. The summed E-state index contributed by atoms with van der Waals surface area (Å²) in [5.41, 5.74) is -1.60. The van der Waals surface area contributed by atoms with Gasteiger partial charge in [0.2, 0.25) is 0 Å². The molecule has 2 aliphatic rings. The maximum Gasteiger partial charge on any atom is 0.416 e. The summed E-state index contributed by atoms with van der Waals surface area (Å²) >= 11 is 0. The third-order valence-electron chi connectivity index (χ3n) is 6.46. The van der Waals surface area contributed by atoms with E-state index in [0.717, 1.165) is 37.8 Å². The number of halogens is 3. The van der Waals surface area contributed by atoms with Crippen LogP contribution in [-0.2, 0) is 30.4 Å². The van der Waals surface area contributed by atoms with E-state index in [1.807, 2.05) is 0 Å². The molecule has 0 amide bonds. The minimum absolute atomic E-state index is 0.0163. The van der Waals surface area contributed by atoms with Gasteiger partial charge in [0.25, 0.3) is 0 Å². The molecule has 1 heterocycles. The Hall–Kier alpha value is -2.34. The van der Waals surface area contributed by atoms with Crippen LogP contribution in [0.5, 0.6) is 0 Å². The van der Waals surface area contributed by atoms with Gasteiger partial charge in [-0.05, 0) is 91.5 Å². The highest BCUT2D eigenvalue weighted by atomic mass is 19.4. The molecule has 0 spiro atoms. The van der Waals surface area contributed by atoms with Crippen LogP contribution in [0.15, 0.2) is 41.6 Å². The maximum atomic E-state index is 14.0. The lowest BCUT2D eigenvalue weighted by atomic mass is 9.81. The van der Waals surface area contributed by atoms with Gasteiger partial charge in [-0.25, -0.2) is 0 Å². The first-order valence-electron chi connectivity index (χ1n) is 16.1. The van der Waals surface area contributed by atoms with Crippen molar-refractivity contribution in [2.75, 3.05) is 13.1 Å². The minimum atomic E-state index is -4.70. The fourth-order valence-corrected chi connectivity index (χ4v) is 4.40. The van der Waals surface area contributed by atoms with Gasteiger partial charge in [0.05, 0.1) is 14.0 Å². The Labute approximate surface area is 213 Å². The first kappa shape index (κ1) is 15.6. The Kier molecular flexibility index (Phi) is 5.02. The first-order valence-corrected chi connectivity index (χ1v) is 11.6. The molecule has 6 heteroatoms. The molecule has 2 aromatic carbocycles. The van der Waals surface area contributed by atoms with Crippen LogP contribution in [0.25, 0.3) is 0 Å². The van der Waals surface area contributed by atoms with Crippen LogP contribution >= 0.6 is 0 Å². The van der Waals surface area contributed by atoms with Crippen molar-refractivity contribution in [2.45, 2.75) is 83.8 Å². The average molecular weight is 482 g/mol. The third kappa shape index (κ3) is 6.01. The Morgan fingerprint density at radius 1 is 1.09 bits per heavy atom. The number of hydrogen-bond donors (Lipinski definition) is 0. The van der Waals surface area contributed by atoms with Crippen molar-refractivity contribution in [1.29, 1.82) is 0 Å². The molecule has 1 saturated carbocycles. The summed E-state index contributed by atoms with van der Waals surface area (Å²) in [6.45, 7) is -5.82. The van der Waals surface area contributed by atoms with E-state index in [2.05, 4.69) is 5.16 Å². The second-order valence-corrected chi connectivity index (χ2v) is 8.84. The van der Waals surface area contributed by atoms with Crippen LogP contribution in [-0.4, -0.2) is 23.7 Å². The van der Waals surface area contributed by atoms with E-state index in [-0.39, 0.29) is 33.9 Å². The van der Waals surface area contributed by atoms with Gasteiger partial charge in [-0.3, -0.25) is 4.90 Å². The average Bonchev–Trinajstić information content (AvgIpc) is 2.89. The molecular formula is C28H35F3N2O. The van der Waals surface area contributed by atoms with Crippen molar-refractivity contribution in [3.8, 4) is 0 Å². The van der Waals surface area contributed by atoms with Crippen LogP contribution in [0, 0.1) is 0 Å². The van der Waals surface area contributed by atoms with E-state index in [9.17, 15) is 13.2 Å². The number of nitrogens with zero attached hydrogens (tertiary/aromatic N) is 2. The van der Waals surface area contributed by atoms with Gasteiger partial charge in [-0.15, -0.1) is 0 Å². The van der Waals surface area contributed by atoms with Crippen LogP contribution in [0.4, 0.5) is 13.2 Å². The highest BCUT2D eigenvalue weighted by Gasteiger charge is 2.35. The lowest BCUT2D eigenvalue weighted by Crippen LogP contribution is -2.36. The number of benzene rings is 2. The molecule has 3 nitrogen and oxygen atoms in total. The van der Waals surface area contributed by atoms with Crippen molar-refractivity contribution >= 4 is 5.71 Å². The smallest absolute Gasteiger partial charge is 0.391 e. The predicted octanol–water partition coefficient (Wildman–Crippen LogP) is 7.46. The first-order chi connectivity index (χ1) is 19.8. The van der Waals surface area contributed by atoms with Crippen LogP contribution in [0.3, 0.4) is 0 Å². The Morgan fingerprint density at radius 3 is 2.56 bits per heavy atom. The van der Waals surface area contributed by atoms with Crippen molar-refractivity contribution in [3.63, 3.8) is 0 Å². The molecule has 1 saturated heterocycles. The van der Waals surface area contributed by atoms with E-state index < -0.39 is 43.6 Å². The maximum absolute atomic E-state index is 14.0. The lowest BCUT2D eigenvalue weighted by Gasteiger charge is -2.31.